The maximum Gasteiger partial charge on any atom is 0.509 e. The lowest BCUT2D eigenvalue weighted by Crippen LogP contribution is -2.47. The largest absolute Gasteiger partial charge is 0.509 e. The Morgan fingerprint density at radius 2 is 0.933 bits per heavy atom. The molecule has 0 aromatic heterocycles. The molecule has 16 heteroatoms. The van der Waals surface area contributed by atoms with Gasteiger partial charge in [-0.2, -0.15) is 0 Å². The minimum absolute atomic E-state index is 0.185. The zero-order valence-electron chi connectivity index (χ0n) is 15.3. The first-order valence-corrected chi connectivity index (χ1v) is 10.1. The molecule has 174 valence electrons. The Morgan fingerprint density at radius 3 is 1.17 bits per heavy atom. The van der Waals surface area contributed by atoms with Crippen molar-refractivity contribution in [2.45, 2.75) is 33.6 Å². The predicted octanol–water partition coefficient (Wildman–Crippen LogP) is 3.90. The van der Waals surface area contributed by atoms with Crippen molar-refractivity contribution in [2.75, 3.05) is 26.4 Å². The molecule has 0 saturated heterocycles. The molecule has 0 aliphatic heterocycles. The van der Waals surface area contributed by atoms with Gasteiger partial charge in [0.15, 0.2) is 0 Å². The van der Waals surface area contributed by atoms with Crippen LogP contribution in [0.25, 0.3) is 0 Å². The molecule has 0 heterocycles. The third-order valence-electron chi connectivity index (χ3n) is 2.47. The molecule has 0 bridgehead atoms. The Morgan fingerprint density at radius 1 is 0.633 bits per heavy atom. The number of ether oxygens (including phenoxy) is 6. The highest BCUT2D eigenvalue weighted by atomic mass is 35.6. The minimum Gasteiger partial charge on any atom is -0.463 e. The second-order valence-electron chi connectivity index (χ2n) is 4.89. The first-order valence-electron chi connectivity index (χ1n) is 7.83. The summed E-state index contributed by atoms with van der Waals surface area (Å²) < 4.78 is 23.9. The summed E-state index contributed by atoms with van der Waals surface area (Å²) in [6.07, 6.45) is -7.42. The van der Waals surface area contributed by atoms with Crippen LogP contribution in [0.4, 0.5) is 9.59 Å². The van der Waals surface area contributed by atoms with Crippen LogP contribution >= 0.6 is 69.6 Å². The summed E-state index contributed by atoms with van der Waals surface area (Å²) in [4.78, 5) is 48.0. The molecule has 0 spiro atoms. The van der Waals surface area contributed by atoms with Crippen molar-refractivity contribution in [3.05, 3.63) is 0 Å². The van der Waals surface area contributed by atoms with E-state index in [0.717, 1.165) is 0 Å². The van der Waals surface area contributed by atoms with Gasteiger partial charge in [0.2, 0.25) is 19.8 Å². The van der Waals surface area contributed by atoms with Crippen LogP contribution in [0.2, 0.25) is 0 Å². The van der Waals surface area contributed by atoms with Gasteiger partial charge in [0.1, 0.15) is 13.2 Å². The lowest BCUT2D eigenvalue weighted by Gasteiger charge is -2.24. The van der Waals surface area contributed by atoms with Gasteiger partial charge in [-0.05, 0) is 13.8 Å². The zero-order chi connectivity index (χ0) is 23.5. The molecule has 2 atom stereocenters. The fourth-order valence-electron chi connectivity index (χ4n) is 1.47. The van der Waals surface area contributed by atoms with Crippen molar-refractivity contribution in [3.8, 4) is 0 Å². The molecule has 0 unspecified atom stereocenters. The van der Waals surface area contributed by atoms with Gasteiger partial charge in [0.05, 0.1) is 13.2 Å². The van der Waals surface area contributed by atoms with E-state index in [-0.39, 0.29) is 13.2 Å². The molecule has 0 saturated carbocycles. The van der Waals surface area contributed by atoms with E-state index >= 15 is 0 Å². The summed E-state index contributed by atoms with van der Waals surface area (Å²) in [5.74, 6) is -2.56. The molecule has 0 amide bonds. The minimum atomic E-state index is -2.16. The highest BCUT2D eigenvalue weighted by Crippen LogP contribution is 2.27. The lowest BCUT2D eigenvalue weighted by atomic mass is 10.2. The molecule has 30 heavy (non-hydrogen) atoms. The molecule has 10 nitrogen and oxygen atoms in total. The highest BCUT2D eigenvalue weighted by molar-refractivity contribution is 6.68. The van der Waals surface area contributed by atoms with Crippen molar-refractivity contribution >= 4 is 93.9 Å². The average molecular weight is 557 g/mol. The summed E-state index contributed by atoms with van der Waals surface area (Å²) in [5, 5.41) is 0. The topological polar surface area (TPSA) is 124 Å². The van der Waals surface area contributed by atoms with Crippen molar-refractivity contribution in [3.63, 3.8) is 0 Å². The number of esters is 2. The van der Waals surface area contributed by atoms with Crippen molar-refractivity contribution in [1.29, 1.82) is 0 Å². The zero-order valence-corrected chi connectivity index (χ0v) is 19.9. The van der Waals surface area contributed by atoms with Crippen LogP contribution in [0.1, 0.15) is 13.8 Å². The molecule has 0 aromatic rings. The second kappa shape index (κ2) is 13.6. The summed E-state index contributed by atoms with van der Waals surface area (Å²) in [6, 6.07) is 0. The third kappa shape index (κ3) is 13.5. The number of alkyl halides is 6. The normalized spacial score (nSPS) is 13.5. The van der Waals surface area contributed by atoms with Crippen LogP contribution in [-0.2, 0) is 38.0 Å². The molecule has 0 N–H and O–H groups in total. The second-order valence-corrected chi connectivity index (χ2v) is 9.92. The number of hydrogen-bond acceptors (Lipinski definition) is 10. The monoisotopic (exact) mass is 554 g/mol. The average Bonchev–Trinajstić information content (AvgIpc) is 2.60. The highest BCUT2D eigenvalue weighted by Gasteiger charge is 2.44. The number of halogens is 6. The molecule has 0 radical (unpaired) electrons. The molecule has 0 fully saturated rings. The smallest absolute Gasteiger partial charge is 0.463 e. The van der Waals surface area contributed by atoms with Crippen molar-refractivity contribution in [2.24, 2.45) is 0 Å². The Balaban J connectivity index is 5.52. The fraction of sp³-hybridized carbons (Fsp3) is 0.714. The molecular weight excluding hydrogens is 541 g/mol. The fourth-order valence-corrected chi connectivity index (χ4v) is 1.80. The van der Waals surface area contributed by atoms with E-state index in [1.165, 1.54) is 13.8 Å². The van der Waals surface area contributed by atoms with E-state index in [2.05, 4.69) is 9.47 Å². The predicted molar refractivity (Wildman–Crippen MR) is 106 cm³/mol. The first kappa shape index (κ1) is 29.2. The summed E-state index contributed by atoms with van der Waals surface area (Å²) in [5.41, 5.74) is 0. The van der Waals surface area contributed by atoms with E-state index in [0.29, 0.717) is 0 Å². The van der Waals surface area contributed by atoms with Gasteiger partial charge < -0.3 is 28.4 Å². The van der Waals surface area contributed by atoms with E-state index in [4.69, 9.17) is 88.6 Å². The summed E-state index contributed by atoms with van der Waals surface area (Å²) in [7, 11) is 0. The Hall–Kier alpha value is -0.780. The van der Waals surface area contributed by atoms with Gasteiger partial charge in [0.25, 0.3) is 0 Å². The van der Waals surface area contributed by atoms with E-state index in [9.17, 15) is 19.2 Å². The SMILES string of the molecule is CCOC(=O)[C@@H](OC(=O)OCC(Cl)(Cl)Cl)[C@H](OC(=O)OCC(Cl)(Cl)Cl)C(=O)OCC. The van der Waals surface area contributed by atoms with Gasteiger partial charge in [0, 0.05) is 0 Å². The molecule has 0 rings (SSSR count). The quantitative estimate of drug-likeness (QED) is 0.234. The maximum absolute atomic E-state index is 12.2. The van der Waals surface area contributed by atoms with Crippen LogP contribution in [0, 0.1) is 0 Å². The summed E-state index contributed by atoms with van der Waals surface area (Å²) in [6.45, 7) is 0.950. The van der Waals surface area contributed by atoms with E-state index in [1.807, 2.05) is 0 Å². The molecule has 0 aromatic carbocycles. The maximum atomic E-state index is 12.2. The van der Waals surface area contributed by atoms with Crippen LogP contribution in [-0.4, -0.2) is 70.5 Å². The van der Waals surface area contributed by atoms with E-state index in [1.54, 1.807) is 0 Å². The Labute approximate surface area is 201 Å². The lowest BCUT2D eigenvalue weighted by molar-refractivity contribution is -0.176. The molecule has 0 aliphatic rings. The number of rotatable bonds is 9. The number of carbonyl (C=O) groups excluding carboxylic acids is 4. The van der Waals surface area contributed by atoms with Crippen LogP contribution in [0.5, 0.6) is 0 Å². The Kier molecular flexibility index (Phi) is 13.2. The van der Waals surface area contributed by atoms with Gasteiger partial charge in [-0.1, -0.05) is 69.6 Å². The van der Waals surface area contributed by atoms with Gasteiger partial charge in [-0.25, -0.2) is 19.2 Å². The van der Waals surface area contributed by atoms with Crippen molar-refractivity contribution in [1.82, 2.24) is 0 Å². The number of hydrogen-bond donors (Lipinski definition) is 0. The van der Waals surface area contributed by atoms with Crippen molar-refractivity contribution < 1.29 is 47.6 Å². The Bertz CT molecular complexity index is 551. The van der Waals surface area contributed by atoms with Crippen LogP contribution in [0.15, 0.2) is 0 Å². The first-order chi connectivity index (χ1) is 13.7. The molecule has 0 aliphatic carbocycles. The number of carbonyl (C=O) groups is 4. The van der Waals surface area contributed by atoms with E-state index < -0.39 is 57.3 Å². The third-order valence-corrected chi connectivity index (χ3v) is 3.12. The van der Waals surface area contributed by atoms with Gasteiger partial charge in [-0.3, -0.25) is 0 Å². The summed E-state index contributed by atoms with van der Waals surface area (Å²) >= 11 is 32.6. The molecular formula is C14H16Cl6O10. The van der Waals surface area contributed by atoms with Gasteiger partial charge >= 0.3 is 24.2 Å². The van der Waals surface area contributed by atoms with Gasteiger partial charge in [-0.15, -0.1) is 0 Å². The van der Waals surface area contributed by atoms with Crippen LogP contribution in [0.3, 0.4) is 0 Å². The van der Waals surface area contributed by atoms with Crippen LogP contribution < -0.4 is 0 Å². The standard InChI is InChI=1S/C14H16Cl6O10/c1-3-25-9(21)7(29-11(23)27-5-13(15,16)17)8(10(22)26-4-2)30-12(24)28-6-14(18,19)20/h7-8H,3-6H2,1-2H3/t7-,8-/m0/s1.